The summed E-state index contributed by atoms with van der Waals surface area (Å²) in [6.07, 6.45) is -9.56. The summed E-state index contributed by atoms with van der Waals surface area (Å²) in [5.74, 6) is 3.27. The van der Waals surface area contributed by atoms with Crippen LogP contribution in [0.1, 0.15) is 47.2 Å². The minimum Gasteiger partial charge on any atom is -0.361 e. The number of ether oxygens (including phenoxy) is 2. The van der Waals surface area contributed by atoms with Crippen molar-refractivity contribution in [2.24, 2.45) is 0 Å². The van der Waals surface area contributed by atoms with Gasteiger partial charge in [0.05, 0.1) is 18.8 Å². The molecule has 188 valence electrons. The Hall–Kier alpha value is -3.28. The van der Waals surface area contributed by atoms with E-state index in [4.69, 9.17) is 9.47 Å². The molecule has 8 heteroatoms. The van der Waals surface area contributed by atoms with Crippen molar-refractivity contribution in [1.29, 1.82) is 0 Å². The summed E-state index contributed by atoms with van der Waals surface area (Å²) in [6, 6.07) is 19.3. The van der Waals surface area contributed by atoms with Crippen molar-refractivity contribution in [2.45, 2.75) is 50.6 Å². The van der Waals surface area contributed by atoms with Gasteiger partial charge in [-0.15, -0.1) is 0 Å². The maximum absolute atomic E-state index is 14.5. The molecule has 0 amide bonds. The molecule has 0 radical (unpaired) electrons. The van der Waals surface area contributed by atoms with E-state index in [1.54, 1.807) is 61.5 Å². The Morgan fingerprint density at radius 3 is 2.06 bits per heavy atom. The van der Waals surface area contributed by atoms with E-state index in [2.05, 4.69) is 5.92 Å². The minimum absolute atomic E-state index is 0.0102. The molecule has 36 heavy (non-hydrogen) atoms. The van der Waals surface area contributed by atoms with Crippen LogP contribution in [0.25, 0.3) is 0 Å². The third-order valence-corrected chi connectivity index (χ3v) is 6.26. The van der Waals surface area contributed by atoms with Crippen LogP contribution in [0.5, 0.6) is 0 Å². The average Bonchev–Trinajstić information content (AvgIpc) is 3.19. The van der Waals surface area contributed by atoms with E-state index in [1.165, 1.54) is 31.0 Å². The molecule has 0 bridgehead atoms. The molecule has 0 spiro atoms. The van der Waals surface area contributed by atoms with E-state index < -0.39 is 35.7 Å². The molecule has 1 aliphatic heterocycles. The van der Waals surface area contributed by atoms with Gasteiger partial charge in [-0.25, -0.2) is 0 Å². The largest absolute Gasteiger partial charge is 0.457 e. The molecule has 0 saturated carbocycles. The van der Waals surface area contributed by atoms with Gasteiger partial charge in [-0.1, -0.05) is 78.7 Å². The van der Waals surface area contributed by atoms with Crippen molar-refractivity contribution in [3.8, 4) is 11.8 Å². The van der Waals surface area contributed by atoms with Crippen LogP contribution in [0, 0.1) is 11.8 Å². The Bertz CT molecular complexity index is 1290. The monoisotopic (exact) mass is 504 g/mol. The molecular formula is C28H22F6O2. The molecule has 2 nitrogen and oxygen atoms in total. The highest BCUT2D eigenvalue weighted by Gasteiger charge is 2.47. The molecule has 0 saturated heterocycles. The quantitative estimate of drug-likeness (QED) is 0.265. The molecule has 2 unspecified atom stereocenters. The zero-order valence-corrected chi connectivity index (χ0v) is 19.4. The SMILES string of the molecule is CC(C#CC(F)(F)F)(OCc1ccc2c(c1C(F)(F)F)C(C)(c1ccccc1)OC2)c1ccccc1. The average molecular weight is 504 g/mol. The van der Waals surface area contributed by atoms with Gasteiger partial charge in [-0.3, -0.25) is 0 Å². The molecule has 0 N–H and O–H groups in total. The summed E-state index contributed by atoms with van der Waals surface area (Å²) in [4.78, 5) is 0. The molecule has 0 aromatic heterocycles. The lowest BCUT2D eigenvalue weighted by molar-refractivity contribution is -0.141. The van der Waals surface area contributed by atoms with Gasteiger partial charge >= 0.3 is 12.4 Å². The van der Waals surface area contributed by atoms with Gasteiger partial charge in [0.15, 0.2) is 5.60 Å². The van der Waals surface area contributed by atoms with Crippen LogP contribution < -0.4 is 0 Å². The van der Waals surface area contributed by atoms with Gasteiger partial charge < -0.3 is 9.47 Å². The van der Waals surface area contributed by atoms with Crippen LogP contribution in [0.2, 0.25) is 0 Å². The summed E-state index contributed by atoms with van der Waals surface area (Å²) in [5.41, 5.74) is -3.10. The third-order valence-electron chi connectivity index (χ3n) is 6.26. The first kappa shape index (κ1) is 25.8. The van der Waals surface area contributed by atoms with Crippen molar-refractivity contribution in [2.75, 3.05) is 0 Å². The highest BCUT2D eigenvalue weighted by molar-refractivity contribution is 5.52. The fourth-order valence-corrected chi connectivity index (χ4v) is 4.44. The molecule has 0 fully saturated rings. The lowest BCUT2D eigenvalue weighted by atomic mass is 9.82. The number of fused-ring (bicyclic) bond motifs is 1. The van der Waals surface area contributed by atoms with Crippen molar-refractivity contribution < 1.29 is 35.8 Å². The number of benzene rings is 3. The summed E-state index contributed by atoms with van der Waals surface area (Å²) < 4.78 is 93.9. The van der Waals surface area contributed by atoms with Crippen LogP contribution in [0.15, 0.2) is 72.8 Å². The highest BCUT2D eigenvalue weighted by atomic mass is 19.4. The second-order valence-corrected chi connectivity index (χ2v) is 8.76. The maximum atomic E-state index is 14.5. The number of hydrogen-bond acceptors (Lipinski definition) is 2. The highest BCUT2D eigenvalue weighted by Crippen LogP contribution is 2.49. The number of alkyl halides is 6. The van der Waals surface area contributed by atoms with Gasteiger partial charge in [0, 0.05) is 11.5 Å². The van der Waals surface area contributed by atoms with Gasteiger partial charge in [0.2, 0.25) is 0 Å². The first-order valence-corrected chi connectivity index (χ1v) is 11.1. The van der Waals surface area contributed by atoms with Crippen LogP contribution in [0.3, 0.4) is 0 Å². The van der Waals surface area contributed by atoms with E-state index in [0.29, 0.717) is 11.1 Å². The van der Waals surface area contributed by atoms with Crippen LogP contribution in [0.4, 0.5) is 26.3 Å². The first-order valence-electron chi connectivity index (χ1n) is 11.1. The van der Waals surface area contributed by atoms with Crippen LogP contribution in [-0.4, -0.2) is 6.18 Å². The van der Waals surface area contributed by atoms with Crippen LogP contribution >= 0.6 is 0 Å². The predicted molar refractivity (Wildman–Crippen MR) is 122 cm³/mol. The standard InChI is InChI=1S/C28H22F6O2/c1-25(15-16-27(29,30)31,21-9-5-3-6-10-21)35-17-20-14-13-19-18-36-26(2,22-11-7-4-8-12-22)23(19)24(20)28(32,33)34/h3-14H,17-18H2,1-2H3. The van der Waals surface area contributed by atoms with Gasteiger partial charge in [-0.2, -0.15) is 26.3 Å². The fraction of sp³-hybridized carbons (Fsp3) is 0.286. The normalized spacial score (nSPS) is 19.2. The topological polar surface area (TPSA) is 18.5 Å². The zero-order valence-electron chi connectivity index (χ0n) is 19.4. The molecule has 1 heterocycles. The van der Waals surface area contributed by atoms with E-state index >= 15 is 0 Å². The molecule has 4 rings (SSSR count). The third kappa shape index (κ3) is 5.13. The van der Waals surface area contributed by atoms with E-state index in [-0.39, 0.29) is 23.3 Å². The Balaban J connectivity index is 1.80. The number of hydrogen-bond donors (Lipinski definition) is 0. The molecule has 3 aromatic carbocycles. The predicted octanol–water partition coefficient (Wildman–Crippen LogP) is 7.50. The number of halogens is 6. The van der Waals surface area contributed by atoms with Gasteiger partial charge in [-0.05, 0) is 36.1 Å². The lowest BCUT2D eigenvalue weighted by Gasteiger charge is -2.30. The van der Waals surface area contributed by atoms with Crippen molar-refractivity contribution >= 4 is 0 Å². The second kappa shape index (κ2) is 9.30. The van der Waals surface area contributed by atoms with Crippen molar-refractivity contribution in [1.82, 2.24) is 0 Å². The van der Waals surface area contributed by atoms with E-state index in [1.807, 2.05) is 0 Å². The van der Waals surface area contributed by atoms with Crippen molar-refractivity contribution in [3.63, 3.8) is 0 Å². The van der Waals surface area contributed by atoms with Gasteiger partial charge in [0.1, 0.15) is 5.60 Å². The fourth-order valence-electron chi connectivity index (χ4n) is 4.44. The van der Waals surface area contributed by atoms with E-state index in [0.717, 1.165) is 0 Å². The lowest BCUT2D eigenvalue weighted by Crippen LogP contribution is -2.29. The van der Waals surface area contributed by atoms with Crippen molar-refractivity contribution in [3.05, 3.63) is 106 Å². The molecule has 1 aliphatic rings. The summed E-state index contributed by atoms with van der Waals surface area (Å²) in [6.45, 7) is 2.25. The molecule has 2 atom stereocenters. The second-order valence-electron chi connectivity index (χ2n) is 8.76. The smallest absolute Gasteiger partial charge is 0.361 e. The summed E-state index contributed by atoms with van der Waals surface area (Å²) in [7, 11) is 0. The summed E-state index contributed by atoms with van der Waals surface area (Å²) >= 11 is 0. The summed E-state index contributed by atoms with van der Waals surface area (Å²) in [5, 5.41) is 0. The molecule has 3 aromatic rings. The Morgan fingerprint density at radius 2 is 1.47 bits per heavy atom. The molecule has 0 aliphatic carbocycles. The Labute approximate surface area is 204 Å². The maximum Gasteiger partial charge on any atom is 0.457 e. The van der Waals surface area contributed by atoms with Crippen LogP contribution in [-0.2, 0) is 40.1 Å². The molecular weight excluding hydrogens is 482 g/mol. The minimum atomic E-state index is -4.79. The first-order chi connectivity index (χ1) is 16.8. The number of rotatable bonds is 5. The van der Waals surface area contributed by atoms with E-state index in [9.17, 15) is 26.3 Å². The Kier molecular flexibility index (Phi) is 6.67. The zero-order chi connectivity index (χ0) is 26.2. The van der Waals surface area contributed by atoms with Gasteiger partial charge in [0.25, 0.3) is 0 Å². The Morgan fingerprint density at radius 1 is 0.861 bits per heavy atom.